The third-order valence-electron chi connectivity index (χ3n) is 5.59. The van der Waals surface area contributed by atoms with Gasteiger partial charge in [-0.2, -0.15) is 0 Å². The van der Waals surface area contributed by atoms with E-state index < -0.39 is 0 Å². The second-order valence-corrected chi connectivity index (χ2v) is 7.39. The SMILES string of the molecule is COc1cccc(Cn2ccc3ccc(NC(=O)N4CCC(N)C4C)cc32)c1. The van der Waals surface area contributed by atoms with Crippen molar-refractivity contribution >= 4 is 22.6 Å². The summed E-state index contributed by atoms with van der Waals surface area (Å²) in [6.07, 6.45) is 2.91. The Bertz CT molecular complexity index is 997. The Morgan fingerprint density at radius 2 is 2.11 bits per heavy atom. The first-order valence-corrected chi connectivity index (χ1v) is 9.60. The minimum Gasteiger partial charge on any atom is -0.497 e. The van der Waals surface area contributed by atoms with E-state index in [1.165, 1.54) is 0 Å². The Balaban J connectivity index is 1.55. The molecule has 28 heavy (non-hydrogen) atoms. The number of likely N-dealkylation sites (tertiary alicyclic amines) is 1. The topological polar surface area (TPSA) is 72.5 Å². The number of amides is 2. The molecule has 3 aromatic rings. The first-order valence-electron chi connectivity index (χ1n) is 9.60. The molecule has 1 aromatic heterocycles. The summed E-state index contributed by atoms with van der Waals surface area (Å²) in [5.74, 6) is 0.847. The number of hydrogen-bond donors (Lipinski definition) is 2. The van der Waals surface area contributed by atoms with E-state index in [1.54, 1.807) is 7.11 Å². The zero-order chi connectivity index (χ0) is 19.7. The highest BCUT2D eigenvalue weighted by atomic mass is 16.5. The summed E-state index contributed by atoms with van der Waals surface area (Å²) >= 11 is 0. The molecule has 4 rings (SSSR count). The molecule has 0 aliphatic carbocycles. The van der Waals surface area contributed by atoms with E-state index in [4.69, 9.17) is 10.5 Å². The average Bonchev–Trinajstić information content (AvgIpc) is 3.25. The standard InChI is InChI=1S/C22H26N4O2/c1-15-20(23)9-11-26(15)22(27)24-18-7-6-17-8-10-25(21(17)13-18)14-16-4-3-5-19(12-16)28-2/h3-8,10,12-13,15,20H,9,11,14,23H2,1-2H3,(H,24,27). The van der Waals surface area contributed by atoms with E-state index in [1.807, 2.05) is 48.2 Å². The van der Waals surface area contributed by atoms with Crippen LogP contribution in [0, 0.1) is 0 Å². The maximum Gasteiger partial charge on any atom is 0.322 e. The minimum atomic E-state index is -0.0919. The van der Waals surface area contributed by atoms with Crippen LogP contribution >= 0.6 is 0 Å². The number of hydrogen-bond acceptors (Lipinski definition) is 3. The van der Waals surface area contributed by atoms with Gasteiger partial charge in [-0.15, -0.1) is 0 Å². The van der Waals surface area contributed by atoms with Crippen molar-refractivity contribution in [2.45, 2.75) is 32.0 Å². The van der Waals surface area contributed by atoms with E-state index in [9.17, 15) is 4.79 Å². The highest BCUT2D eigenvalue weighted by molar-refractivity contribution is 5.93. The summed E-state index contributed by atoms with van der Waals surface area (Å²) in [6.45, 7) is 3.43. The van der Waals surface area contributed by atoms with Crippen LogP contribution < -0.4 is 15.8 Å². The van der Waals surface area contributed by atoms with E-state index in [2.05, 4.69) is 28.2 Å². The van der Waals surface area contributed by atoms with Crippen molar-refractivity contribution in [2.24, 2.45) is 5.73 Å². The summed E-state index contributed by atoms with van der Waals surface area (Å²) in [5.41, 5.74) is 9.06. The van der Waals surface area contributed by atoms with Gasteiger partial charge in [0.15, 0.2) is 0 Å². The van der Waals surface area contributed by atoms with Crippen LogP contribution in [0.1, 0.15) is 18.9 Å². The molecule has 0 spiro atoms. The summed E-state index contributed by atoms with van der Waals surface area (Å²) in [4.78, 5) is 14.4. The Morgan fingerprint density at radius 1 is 1.25 bits per heavy atom. The summed E-state index contributed by atoms with van der Waals surface area (Å²) in [5, 5.41) is 4.16. The number of benzene rings is 2. The molecule has 2 unspecified atom stereocenters. The molecule has 0 radical (unpaired) electrons. The third kappa shape index (κ3) is 3.55. The van der Waals surface area contributed by atoms with Gasteiger partial charge < -0.3 is 25.3 Å². The van der Waals surface area contributed by atoms with Crippen molar-refractivity contribution in [1.82, 2.24) is 9.47 Å². The molecule has 0 saturated carbocycles. The maximum atomic E-state index is 12.6. The van der Waals surface area contributed by atoms with Gasteiger partial charge in [-0.3, -0.25) is 0 Å². The van der Waals surface area contributed by atoms with Crippen molar-refractivity contribution in [3.8, 4) is 5.75 Å². The molecular formula is C22H26N4O2. The number of rotatable bonds is 4. The Morgan fingerprint density at radius 3 is 2.86 bits per heavy atom. The van der Waals surface area contributed by atoms with Gasteiger partial charge in [-0.05, 0) is 54.6 Å². The molecule has 2 heterocycles. The zero-order valence-corrected chi connectivity index (χ0v) is 16.3. The number of anilines is 1. The molecule has 2 aromatic carbocycles. The van der Waals surface area contributed by atoms with E-state index in [0.717, 1.165) is 40.9 Å². The molecule has 3 N–H and O–H groups in total. The van der Waals surface area contributed by atoms with Crippen molar-refractivity contribution in [3.63, 3.8) is 0 Å². The number of urea groups is 1. The molecule has 1 fully saturated rings. The predicted molar refractivity (Wildman–Crippen MR) is 112 cm³/mol. The van der Waals surface area contributed by atoms with E-state index in [-0.39, 0.29) is 18.1 Å². The molecule has 146 valence electrons. The molecule has 2 amide bonds. The summed E-state index contributed by atoms with van der Waals surface area (Å²) < 4.78 is 7.49. The van der Waals surface area contributed by atoms with Gasteiger partial charge in [-0.25, -0.2) is 4.79 Å². The van der Waals surface area contributed by atoms with Crippen LogP contribution in [0.15, 0.2) is 54.7 Å². The molecular weight excluding hydrogens is 352 g/mol. The number of ether oxygens (including phenoxy) is 1. The van der Waals surface area contributed by atoms with Gasteiger partial charge in [0.1, 0.15) is 5.75 Å². The van der Waals surface area contributed by atoms with Crippen molar-refractivity contribution in [3.05, 3.63) is 60.3 Å². The fourth-order valence-electron chi connectivity index (χ4n) is 3.81. The number of methoxy groups -OCH3 is 1. The van der Waals surface area contributed by atoms with Crippen LogP contribution in [0.5, 0.6) is 5.75 Å². The monoisotopic (exact) mass is 378 g/mol. The summed E-state index contributed by atoms with van der Waals surface area (Å²) in [6, 6.07) is 16.1. The van der Waals surface area contributed by atoms with Crippen LogP contribution in [-0.2, 0) is 6.54 Å². The molecule has 1 aliphatic heterocycles. The lowest BCUT2D eigenvalue weighted by molar-refractivity contribution is 0.208. The second-order valence-electron chi connectivity index (χ2n) is 7.39. The van der Waals surface area contributed by atoms with Gasteiger partial charge in [-0.1, -0.05) is 18.2 Å². The predicted octanol–water partition coefficient (Wildman–Crippen LogP) is 3.65. The molecule has 2 atom stereocenters. The smallest absolute Gasteiger partial charge is 0.322 e. The lowest BCUT2D eigenvalue weighted by Crippen LogP contribution is -2.42. The Labute approximate surface area is 164 Å². The van der Waals surface area contributed by atoms with Gasteiger partial charge in [0.2, 0.25) is 0 Å². The lowest BCUT2D eigenvalue weighted by atomic mass is 10.2. The Kier molecular flexibility index (Phi) is 4.96. The first-order chi connectivity index (χ1) is 13.5. The number of nitrogens with zero attached hydrogens (tertiary/aromatic N) is 2. The quantitative estimate of drug-likeness (QED) is 0.728. The van der Waals surface area contributed by atoms with Gasteiger partial charge >= 0.3 is 6.03 Å². The molecule has 1 saturated heterocycles. The van der Waals surface area contributed by atoms with Crippen LogP contribution in [0.25, 0.3) is 10.9 Å². The number of carbonyl (C=O) groups excluding carboxylic acids is 1. The normalized spacial score (nSPS) is 19.2. The van der Waals surface area contributed by atoms with Crippen LogP contribution in [0.4, 0.5) is 10.5 Å². The fourth-order valence-corrected chi connectivity index (χ4v) is 3.81. The Hall–Kier alpha value is -2.99. The minimum absolute atomic E-state index is 0.0494. The number of aromatic nitrogens is 1. The average molecular weight is 378 g/mol. The zero-order valence-electron chi connectivity index (χ0n) is 16.3. The molecule has 1 aliphatic rings. The fraction of sp³-hybridized carbons (Fsp3) is 0.318. The number of nitrogens with two attached hydrogens (primary N) is 1. The highest BCUT2D eigenvalue weighted by Gasteiger charge is 2.31. The van der Waals surface area contributed by atoms with Crippen molar-refractivity contribution in [1.29, 1.82) is 0 Å². The largest absolute Gasteiger partial charge is 0.497 e. The molecule has 6 heteroatoms. The van der Waals surface area contributed by atoms with Crippen molar-refractivity contribution < 1.29 is 9.53 Å². The van der Waals surface area contributed by atoms with E-state index >= 15 is 0 Å². The van der Waals surface area contributed by atoms with Gasteiger partial charge in [0, 0.05) is 37.1 Å². The van der Waals surface area contributed by atoms with E-state index in [0.29, 0.717) is 6.54 Å². The first kappa shape index (κ1) is 18.4. The number of fused-ring (bicyclic) bond motifs is 1. The number of nitrogens with one attached hydrogen (secondary N) is 1. The van der Waals surface area contributed by atoms with Crippen LogP contribution in [-0.4, -0.2) is 41.2 Å². The van der Waals surface area contributed by atoms with Crippen LogP contribution in [0.3, 0.4) is 0 Å². The number of carbonyl (C=O) groups is 1. The van der Waals surface area contributed by atoms with Crippen molar-refractivity contribution in [2.75, 3.05) is 19.0 Å². The lowest BCUT2D eigenvalue weighted by Gasteiger charge is -2.23. The highest BCUT2D eigenvalue weighted by Crippen LogP contribution is 2.24. The van der Waals surface area contributed by atoms with Gasteiger partial charge in [0.25, 0.3) is 0 Å². The molecule has 6 nitrogen and oxygen atoms in total. The van der Waals surface area contributed by atoms with Crippen LogP contribution in [0.2, 0.25) is 0 Å². The van der Waals surface area contributed by atoms with Gasteiger partial charge in [0.05, 0.1) is 12.6 Å². The third-order valence-corrected chi connectivity index (χ3v) is 5.59. The second kappa shape index (κ2) is 7.56. The summed E-state index contributed by atoms with van der Waals surface area (Å²) in [7, 11) is 1.67. The maximum absolute atomic E-state index is 12.6. The molecule has 0 bridgehead atoms.